The highest BCUT2D eigenvalue weighted by Crippen LogP contribution is 2.44. The van der Waals surface area contributed by atoms with Crippen LogP contribution in [0.2, 0.25) is 0 Å². The van der Waals surface area contributed by atoms with Crippen LogP contribution in [-0.4, -0.2) is 29.8 Å². The van der Waals surface area contributed by atoms with E-state index < -0.39 is 11.9 Å². The Kier molecular flexibility index (Phi) is 7.74. The first-order valence-corrected chi connectivity index (χ1v) is 13.9. The van der Waals surface area contributed by atoms with Gasteiger partial charge >= 0.3 is 0 Å². The van der Waals surface area contributed by atoms with Gasteiger partial charge in [-0.15, -0.1) is 10.2 Å². The molecule has 2 aromatic carbocycles. The van der Waals surface area contributed by atoms with Crippen LogP contribution in [0.4, 0.5) is 5.13 Å². The summed E-state index contributed by atoms with van der Waals surface area (Å²) in [6.45, 7) is 4.83. The number of hydrogen-bond donors (Lipinski definition) is 0. The maximum absolute atomic E-state index is 13.8. The molecular formula is C29H31N3O5S. The van der Waals surface area contributed by atoms with Crippen LogP contribution in [0.1, 0.15) is 78.7 Å². The van der Waals surface area contributed by atoms with Gasteiger partial charge in [-0.2, -0.15) is 0 Å². The van der Waals surface area contributed by atoms with Crippen molar-refractivity contribution in [3.63, 3.8) is 0 Å². The fourth-order valence-corrected chi connectivity index (χ4v) is 5.74. The van der Waals surface area contributed by atoms with Gasteiger partial charge in [-0.05, 0) is 42.7 Å². The van der Waals surface area contributed by atoms with Gasteiger partial charge in [0.1, 0.15) is 10.6 Å². The minimum atomic E-state index is -0.742. The van der Waals surface area contributed by atoms with Crippen molar-refractivity contribution in [2.45, 2.75) is 58.4 Å². The second kappa shape index (κ2) is 11.3. The number of aromatic nitrogens is 2. The number of ether oxygens (including phenoxy) is 2. The van der Waals surface area contributed by atoms with Gasteiger partial charge in [-0.3, -0.25) is 14.5 Å². The average Bonchev–Trinajstić information content (AvgIpc) is 3.51. The molecule has 1 aliphatic heterocycles. The van der Waals surface area contributed by atoms with Crippen LogP contribution < -0.4 is 19.8 Å². The van der Waals surface area contributed by atoms with E-state index in [0.717, 1.165) is 37.1 Å². The largest absolute Gasteiger partial charge is 0.493 e. The first kappa shape index (κ1) is 25.9. The number of carbonyl (C=O) groups is 1. The molecule has 3 heterocycles. The molecule has 0 saturated heterocycles. The van der Waals surface area contributed by atoms with Crippen molar-refractivity contribution in [3.05, 3.63) is 74.6 Å². The fraction of sp³-hybridized carbons (Fsp3) is 0.379. The van der Waals surface area contributed by atoms with Gasteiger partial charge in [0.2, 0.25) is 10.9 Å². The number of aryl methyl sites for hydroxylation is 1. The summed E-state index contributed by atoms with van der Waals surface area (Å²) in [7, 11) is 1.58. The number of fused-ring (bicyclic) bond motifs is 2. The highest BCUT2D eigenvalue weighted by Gasteiger charge is 2.45. The molecule has 1 amide bonds. The molecule has 0 saturated carbocycles. The smallest absolute Gasteiger partial charge is 0.297 e. The van der Waals surface area contributed by atoms with Crippen LogP contribution in [-0.2, 0) is 6.42 Å². The Morgan fingerprint density at radius 1 is 1.00 bits per heavy atom. The zero-order chi connectivity index (χ0) is 26.6. The summed E-state index contributed by atoms with van der Waals surface area (Å²) in [6.07, 6.45) is 6.08. The maximum atomic E-state index is 13.8. The van der Waals surface area contributed by atoms with Crippen molar-refractivity contribution in [1.82, 2.24) is 10.2 Å². The van der Waals surface area contributed by atoms with E-state index in [2.05, 4.69) is 24.0 Å². The number of anilines is 1. The number of unbranched alkanes of at least 4 members (excludes halogenated alkanes) is 3. The van der Waals surface area contributed by atoms with Gasteiger partial charge in [-0.1, -0.05) is 62.6 Å². The molecule has 9 heteroatoms. The summed E-state index contributed by atoms with van der Waals surface area (Å²) < 4.78 is 17.7. The van der Waals surface area contributed by atoms with Gasteiger partial charge in [0.05, 0.1) is 30.7 Å². The van der Waals surface area contributed by atoms with Gasteiger partial charge in [0, 0.05) is 6.42 Å². The van der Waals surface area contributed by atoms with E-state index in [1.54, 1.807) is 31.4 Å². The Labute approximate surface area is 225 Å². The van der Waals surface area contributed by atoms with Crippen molar-refractivity contribution >= 4 is 33.3 Å². The van der Waals surface area contributed by atoms with Crippen molar-refractivity contribution < 1.29 is 18.7 Å². The van der Waals surface area contributed by atoms with E-state index in [1.165, 1.54) is 22.7 Å². The zero-order valence-corrected chi connectivity index (χ0v) is 22.7. The molecule has 0 aliphatic carbocycles. The monoisotopic (exact) mass is 533 g/mol. The second-order valence-electron chi connectivity index (χ2n) is 9.30. The van der Waals surface area contributed by atoms with E-state index in [1.807, 2.05) is 18.2 Å². The van der Waals surface area contributed by atoms with Crippen LogP contribution >= 0.6 is 11.3 Å². The van der Waals surface area contributed by atoms with Gasteiger partial charge < -0.3 is 13.9 Å². The van der Waals surface area contributed by atoms with Crippen LogP contribution in [0.15, 0.2) is 51.7 Å². The molecule has 38 heavy (non-hydrogen) atoms. The van der Waals surface area contributed by atoms with Crippen molar-refractivity contribution in [1.29, 1.82) is 0 Å². The first-order valence-electron chi connectivity index (χ1n) is 13.1. The number of nitrogens with zero attached hydrogens (tertiary/aromatic N) is 3. The SMILES string of the molecule is CCCCCCOc1ccc(C2c3c(oc4ccccc4c3=O)C(=O)N2c2nnc(CCC)s2)cc1OC. The average molecular weight is 534 g/mol. The predicted molar refractivity (Wildman–Crippen MR) is 148 cm³/mol. The Balaban J connectivity index is 1.60. The van der Waals surface area contributed by atoms with Crippen LogP contribution in [0, 0.1) is 0 Å². The topological polar surface area (TPSA) is 94.8 Å². The van der Waals surface area contributed by atoms with Crippen molar-refractivity contribution in [2.75, 3.05) is 18.6 Å². The molecule has 1 aliphatic rings. The van der Waals surface area contributed by atoms with E-state index in [4.69, 9.17) is 13.9 Å². The Morgan fingerprint density at radius 2 is 1.84 bits per heavy atom. The van der Waals surface area contributed by atoms with Crippen molar-refractivity contribution in [3.8, 4) is 11.5 Å². The minimum absolute atomic E-state index is 0.0289. The molecule has 0 N–H and O–H groups in total. The molecule has 0 fully saturated rings. The second-order valence-corrected chi connectivity index (χ2v) is 10.3. The van der Waals surface area contributed by atoms with Crippen LogP contribution in [0.25, 0.3) is 11.0 Å². The number of amides is 1. The molecular weight excluding hydrogens is 502 g/mol. The molecule has 198 valence electrons. The number of carbonyl (C=O) groups excluding carboxylic acids is 1. The highest BCUT2D eigenvalue weighted by molar-refractivity contribution is 7.15. The van der Waals surface area contributed by atoms with Gasteiger partial charge in [-0.25, -0.2) is 0 Å². The predicted octanol–water partition coefficient (Wildman–Crippen LogP) is 6.31. The normalized spacial score (nSPS) is 14.8. The Morgan fingerprint density at radius 3 is 2.63 bits per heavy atom. The molecule has 0 spiro atoms. The quantitative estimate of drug-likeness (QED) is 0.208. The number of methoxy groups -OCH3 is 1. The summed E-state index contributed by atoms with van der Waals surface area (Å²) in [5, 5.41) is 10.3. The van der Waals surface area contributed by atoms with E-state index in [9.17, 15) is 9.59 Å². The number of para-hydroxylation sites is 1. The molecule has 1 atom stereocenters. The van der Waals surface area contributed by atoms with E-state index in [-0.39, 0.29) is 16.8 Å². The number of hydrogen-bond acceptors (Lipinski definition) is 8. The minimum Gasteiger partial charge on any atom is -0.493 e. The molecule has 5 rings (SSSR count). The Bertz CT molecular complexity index is 1510. The summed E-state index contributed by atoms with van der Waals surface area (Å²) >= 11 is 1.35. The van der Waals surface area contributed by atoms with Gasteiger partial charge in [0.15, 0.2) is 16.9 Å². The standard InChI is InChI=1S/C29H31N3O5S/c1-4-6-7-10-16-36-21-15-14-18(17-22(21)35-3)25-24-26(33)19-12-8-9-13-20(19)37-27(24)28(34)32(25)29-31-30-23(38-29)11-5-2/h8-9,12-15,17,25H,4-7,10-11,16H2,1-3H3. The number of rotatable bonds is 11. The third kappa shape index (κ3) is 4.78. The maximum Gasteiger partial charge on any atom is 0.297 e. The molecule has 2 aromatic heterocycles. The lowest BCUT2D eigenvalue weighted by Crippen LogP contribution is -2.29. The lowest BCUT2D eigenvalue weighted by Gasteiger charge is -2.23. The molecule has 4 aromatic rings. The zero-order valence-electron chi connectivity index (χ0n) is 21.9. The van der Waals surface area contributed by atoms with Crippen LogP contribution in [0.5, 0.6) is 11.5 Å². The Hall–Kier alpha value is -3.72. The summed E-state index contributed by atoms with van der Waals surface area (Å²) in [5.41, 5.74) is 1.12. The number of benzene rings is 2. The third-order valence-corrected chi connectivity index (χ3v) is 7.64. The molecule has 1 unspecified atom stereocenters. The fourth-order valence-electron chi connectivity index (χ4n) is 4.77. The highest BCUT2D eigenvalue weighted by atomic mass is 32.1. The lowest BCUT2D eigenvalue weighted by molar-refractivity contribution is 0.0970. The summed E-state index contributed by atoms with van der Waals surface area (Å²) in [4.78, 5) is 29.0. The molecule has 0 bridgehead atoms. The summed E-state index contributed by atoms with van der Waals surface area (Å²) in [6, 6.07) is 11.8. The molecule has 8 nitrogen and oxygen atoms in total. The van der Waals surface area contributed by atoms with E-state index >= 15 is 0 Å². The van der Waals surface area contributed by atoms with Crippen LogP contribution in [0.3, 0.4) is 0 Å². The lowest BCUT2D eigenvalue weighted by atomic mass is 9.98. The third-order valence-electron chi connectivity index (χ3n) is 6.66. The summed E-state index contributed by atoms with van der Waals surface area (Å²) in [5.74, 6) is 0.770. The van der Waals surface area contributed by atoms with Crippen molar-refractivity contribution in [2.24, 2.45) is 0 Å². The molecule has 0 radical (unpaired) electrons. The van der Waals surface area contributed by atoms with E-state index in [0.29, 0.717) is 39.8 Å². The first-order chi connectivity index (χ1) is 18.6. The van der Waals surface area contributed by atoms with Gasteiger partial charge in [0.25, 0.3) is 5.91 Å².